The van der Waals surface area contributed by atoms with E-state index in [9.17, 15) is 22.4 Å². The highest BCUT2D eigenvalue weighted by Gasteiger charge is 2.48. The highest BCUT2D eigenvalue weighted by atomic mass is 19.3. The highest BCUT2D eigenvalue weighted by Crippen LogP contribution is 2.48. The van der Waals surface area contributed by atoms with Gasteiger partial charge in [-0.05, 0) is 31.1 Å². The molecule has 0 amide bonds. The SMILES string of the molecule is O=C(O)C1CC(F)(F)CCC1C1CCC(F)(F)CC1. The van der Waals surface area contributed by atoms with Crippen molar-refractivity contribution in [3.05, 3.63) is 0 Å². The predicted octanol–water partition coefficient (Wildman–Crippen LogP) is 3.95. The summed E-state index contributed by atoms with van der Waals surface area (Å²) < 4.78 is 52.8. The molecule has 2 aliphatic rings. The van der Waals surface area contributed by atoms with Crippen molar-refractivity contribution in [3.8, 4) is 0 Å². The van der Waals surface area contributed by atoms with Crippen LogP contribution in [-0.2, 0) is 4.79 Å². The summed E-state index contributed by atoms with van der Waals surface area (Å²) in [5, 5.41) is 9.09. The lowest BCUT2D eigenvalue weighted by Gasteiger charge is -2.41. The third-order valence-electron chi connectivity index (χ3n) is 4.56. The molecule has 0 radical (unpaired) electrons. The summed E-state index contributed by atoms with van der Waals surface area (Å²) in [6.07, 6.45) is -0.873. The molecule has 0 bridgehead atoms. The van der Waals surface area contributed by atoms with Crippen molar-refractivity contribution in [1.82, 2.24) is 0 Å². The average Bonchev–Trinajstić information content (AvgIpc) is 2.28. The van der Waals surface area contributed by atoms with Gasteiger partial charge in [0.25, 0.3) is 0 Å². The third-order valence-corrected chi connectivity index (χ3v) is 4.56. The summed E-state index contributed by atoms with van der Waals surface area (Å²) in [5.41, 5.74) is 0. The van der Waals surface area contributed by atoms with E-state index in [0.717, 1.165) is 0 Å². The molecule has 110 valence electrons. The third kappa shape index (κ3) is 3.39. The zero-order valence-corrected chi connectivity index (χ0v) is 10.5. The Hall–Kier alpha value is -0.810. The maximum absolute atomic E-state index is 13.3. The molecule has 2 aliphatic carbocycles. The minimum atomic E-state index is -2.93. The van der Waals surface area contributed by atoms with Crippen LogP contribution in [0.25, 0.3) is 0 Å². The molecule has 2 saturated carbocycles. The molecule has 6 heteroatoms. The van der Waals surface area contributed by atoms with Gasteiger partial charge in [0, 0.05) is 25.7 Å². The van der Waals surface area contributed by atoms with Crippen LogP contribution in [0.4, 0.5) is 17.6 Å². The summed E-state index contributed by atoms with van der Waals surface area (Å²) in [6, 6.07) is 0. The van der Waals surface area contributed by atoms with Crippen molar-refractivity contribution in [3.63, 3.8) is 0 Å². The highest BCUT2D eigenvalue weighted by molar-refractivity contribution is 5.70. The average molecular weight is 282 g/mol. The van der Waals surface area contributed by atoms with Crippen LogP contribution in [0.1, 0.15) is 44.9 Å². The van der Waals surface area contributed by atoms with Crippen LogP contribution in [0, 0.1) is 17.8 Å². The first-order chi connectivity index (χ1) is 8.70. The van der Waals surface area contributed by atoms with Crippen LogP contribution in [0.15, 0.2) is 0 Å². The van der Waals surface area contributed by atoms with Crippen molar-refractivity contribution >= 4 is 5.97 Å². The second-order valence-corrected chi connectivity index (χ2v) is 5.90. The van der Waals surface area contributed by atoms with E-state index in [4.69, 9.17) is 5.11 Å². The molecule has 2 rings (SSSR count). The number of halogens is 4. The van der Waals surface area contributed by atoms with E-state index in [1.165, 1.54) is 0 Å². The predicted molar refractivity (Wildman–Crippen MR) is 60.3 cm³/mol. The number of hydrogen-bond acceptors (Lipinski definition) is 1. The molecule has 0 heterocycles. The Morgan fingerprint density at radius 3 is 2.00 bits per heavy atom. The Bertz CT molecular complexity index is 347. The lowest BCUT2D eigenvalue weighted by atomic mass is 9.66. The Labute approximate surface area is 109 Å². The second kappa shape index (κ2) is 4.94. The first kappa shape index (κ1) is 14.6. The van der Waals surface area contributed by atoms with Gasteiger partial charge in [-0.1, -0.05) is 0 Å². The fourth-order valence-electron chi connectivity index (χ4n) is 3.48. The smallest absolute Gasteiger partial charge is 0.307 e. The van der Waals surface area contributed by atoms with Gasteiger partial charge in [-0.25, -0.2) is 17.6 Å². The van der Waals surface area contributed by atoms with Gasteiger partial charge in [-0.3, -0.25) is 4.79 Å². The monoisotopic (exact) mass is 282 g/mol. The zero-order valence-electron chi connectivity index (χ0n) is 10.5. The lowest BCUT2D eigenvalue weighted by Crippen LogP contribution is -2.41. The summed E-state index contributed by atoms with van der Waals surface area (Å²) in [5.74, 6) is -8.46. The summed E-state index contributed by atoms with van der Waals surface area (Å²) >= 11 is 0. The number of carboxylic acid groups (broad SMARTS) is 1. The van der Waals surface area contributed by atoms with E-state index in [1.807, 2.05) is 0 Å². The number of carbonyl (C=O) groups is 1. The fraction of sp³-hybridized carbons (Fsp3) is 0.923. The van der Waals surface area contributed by atoms with Crippen LogP contribution < -0.4 is 0 Å². The molecule has 2 nitrogen and oxygen atoms in total. The molecule has 19 heavy (non-hydrogen) atoms. The van der Waals surface area contributed by atoms with Gasteiger partial charge in [0.1, 0.15) is 0 Å². The molecule has 0 spiro atoms. The standard InChI is InChI=1S/C13H18F4O2/c14-12(15)4-1-8(2-5-12)9-3-6-13(16,17)7-10(9)11(18)19/h8-10H,1-7H2,(H,18,19). The van der Waals surface area contributed by atoms with Crippen LogP contribution >= 0.6 is 0 Å². The van der Waals surface area contributed by atoms with Crippen molar-refractivity contribution in [2.24, 2.45) is 17.8 Å². The van der Waals surface area contributed by atoms with Crippen molar-refractivity contribution in [1.29, 1.82) is 0 Å². The molecule has 1 N–H and O–H groups in total. The van der Waals surface area contributed by atoms with Crippen LogP contribution in [0.5, 0.6) is 0 Å². The quantitative estimate of drug-likeness (QED) is 0.779. The van der Waals surface area contributed by atoms with Gasteiger partial charge in [0.2, 0.25) is 11.8 Å². The molecule has 0 aromatic rings. The lowest BCUT2D eigenvalue weighted by molar-refractivity contribution is -0.157. The van der Waals surface area contributed by atoms with E-state index in [-0.39, 0.29) is 50.4 Å². The van der Waals surface area contributed by atoms with Crippen LogP contribution in [0.3, 0.4) is 0 Å². The van der Waals surface area contributed by atoms with Gasteiger partial charge in [-0.15, -0.1) is 0 Å². The normalized spacial score (nSPS) is 34.9. The van der Waals surface area contributed by atoms with Gasteiger partial charge in [0.15, 0.2) is 0 Å². The van der Waals surface area contributed by atoms with Crippen LogP contribution in [-0.4, -0.2) is 22.9 Å². The van der Waals surface area contributed by atoms with Gasteiger partial charge in [0.05, 0.1) is 5.92 Å². The fourth-order valence-corrected chi connectivity index (χ4v) is 3.48. The Morgan fingerprint density at radius 1 is 0.947 bits per heavy atom. The Morgan fingerprint density at radius 2 is 1.47 bits per heavy atom. The van der Waals surface area contributed by atoms with E-state index in [2.05, 4.69) is 0 Å². The molecule has 0 aliphatic heterocycles. The first-order valence-corrected chi connectivity index (χ1v) is 6.69. The zero-order chi connectivity index (χ0) is 14.3. The molecular weight excluding hydrogens is 264 g/mol. The Balaban J connectivity index is 2.04. The molecule has 0 aromatic heterocycles. The van der Waals surface area contributed by atoms with Crippen molar-refractivity contribution in [2.45, 2.75) is 56.8 Å². The molecule has 2 atom stereocenters. The van der Waals surface area contributed by atoms with Gasteiger partial charge >= 0.3 is 5.97 Å². The van der Waals surface area contributed by atoms with E-state index in [0.29, 0.717) is 0 Å². The molecular formula is C13H18F4O2. The van der Waals surface area contributed by atoms with Crippen molar-refractivity contribution in [2.75, 3.05) is 0 Å². The maximum Gasteiger partial charge on any atom is 0.307 e. The topological polar surface area (TPSA) is 37.3 Å². The van der Waals surface area contributed by atoms with Crippen LogP contribution in [0.2, 0.25) is 0 Å². The van der Waals surface area contributed by atoms with E-state index < -0.39 is 30.2 Å². The van der Waals surface area contributed by atoms with E-state index in [1.54, 1.807) is 0 Å². The summed E-state index contributed by atoms with van der Waals surface area (Å²) in [4.78, 5) is 11.1. The van der Waals surface area contributed by atoms with Gasteiger partial charge < -0.3 is 5.11 Å². The maximum atomic E-state index is 13.3. The van der Waals surface area contributed by atoms with Crippen molar-refractivity contribution < 1.29 is 27.5 Å². The Kier molecular flexibility index (Phi) is 3.80. The van der Waals surface area contributed by atoms with Gasteiger partial charge in [-0.2, -0.15) is 0 Å². The molecule has 2 fully saturated rings. The number of rotatable bonds is 2. The molecule has 2 unspecified atom stereocenters. The largest absolute Gasteiger partial charge is 0.481 e. The summed E-state index contributed by atoms with van der Waals surface area (Å²) in [7, 11) is 0. The second-order valence-electron chi connectivity index (χ2n) is 5.90. The number of carboxylic acids is 1. The number of aliphatic carboxylic acids is 1. The minimum Gasteiger partial charge on any atom is -0.481 e. The number of alkyl halides is 4. The summed E-state index contributed by atoms with van der Waals surface area (Å²) in [6.45, 7) is 0. The molecule has 0 saturated heterocycles. The number of hydrogen-bond donors (Lipinski definition) is 1. The van der Waals surface area contributed by atoms with E-state index >= 15 is 0 Å². The first-order valence-electron chi connectivity index (χ1n) is 6.69. The molecule has 0 aromatic carbocycles. The minimum absolute atomic E-state index is 0.125.